The Morgan fingerprint density at radius 3 is 2.74 bits per heavy atom. The van der Waals surface area contributed by atoms with Gasteiger partial charge in [0.2, 0.25) is 0 Å². The van der Waals surface area contributed by atoms with Crippen LogP contribution in [-0.4, -0.2) is 48.9 Å². The van der Waals surface area contributed by atoms with Gasteiger partial charge in [-0.1, -0.05) is 23.7 Å². The van der Waals surface area contributed by atoms with Crippen LogP contribution in [0.1, 0.15) is 31.4 Å². The van der Waals surface area contributed by atoms with Crippen molar-refractivity contribution in [3.63, 3.8) is 0 Å². The third-order valence-electron chi connectivity index (χ3n) is 4.37. The molecular weight excluding hydrogens is 316 g/mol. The quantitative estimate of drug-likeness (QED) is 0.837. The molecule has 0 spiro atoms. The van der Waals surface area contributed by atoms with Crippen molar-refractivity contribution in [2.45, 2.75) is 31.9 Å². The number of benzene rings is 1. The summed E-state index contributed by atoms with van der Waals surface area (Å²) in [7, 11) is 1.65. The van der Waals surface area contributed by atoms with E-state index in [1.54, 1.807) is 18.9 Å². The summed E-state index contributed by atoms with van der Waals surface area (Å²) in [6.45, 7) is 3.62. The molecule has 23 heavy (non-hydrogen) atoms. The van der Waals surface area contributed by atoms with E-state index in [0.29, 0.717) is 31.1 Å². The van der Waals surface area contributed by atoms with Gasteiger partial charge in [-0.2, -0.15) is 0 Å². The lowest BCUT2D eigenvalue weighted by atomic mass is 10.0. The highest BCUT2D eigenvalue weighted by molar-refractivity contribution is 6.30. The molecule has 1 aliphatic heterocycles. The average Bonchev–Trinajstić information content (AvgIpc) is 3.02. The van der Waals surface area contributed by atoms with E-state index in [2.05, 4.69) is 5.32 Å². The molecule has 1 aliphatic rings. The number of methoxy groups -OCH3 is 1. The molecule has 0 saturated carbocycles. The van der Waals surface area contributed by atoms with E-state index in [0.717, 1.165) is 12.0 Å². The lowest BCUT2D eigenvalue weighted by Crippen LogP contribution is -2.41. The Kier molecular flexibility index (Phi) is 6.69. The van der Waals surface area contributed by atoms with Crippen molar-refractivity contribution in [3.05, 3.63) is 34.9 Å². The van der Waals surface area contributed by atoms with Crippen LogP contribution in [0.4, 0.5) is 4.79 Å². The number of hydrogen-bond donors (Lipinski definition) is 2. The highest BCUT2D eigenvalue weighted by Gasteiger charge is 2.30. The molecule has 2 N–H and O–H groups in total. The number of aliphatic hydroxyl groups excluding tert-OH is 1. The Balaban J connectivity index is 2.00. The minimum Gasteiger partial charge on any atom is -0.393 e. The van der Waals surface area contributed by atoms with Crippen molar-refractivity contribution < 1.29 is 14.6 Å². The van der Waals surface area contributed by atoms with Crippen LogP contribution >= 0.6 is 11.6 Å². The number of nitrogens with one attached hydrogen (secondary N) is 1. The first kappa shape index (κ1) is 18.0. The first-order valence-corrected chi connectivity index (χ1v) is 8.37. The largest absolute Gasteiger partial charge is 0.393 e. The van der Waals surface area contributed by atoms with Gasteiger partial charge in [-0.25, -0.2) is 4.79 Å². The third kappa shape index (κ3) is 5.09. The lowest BCUT2D eigenvalue weighted by molar-refractivity contribution is 0.128. The second-order valence-corrected chi connectivity index (χ2v) is 6.51. The van der Waals surface area contributed by atoms with E-state index in [4.69, 9.17) is 16.3 Å². The van der Waals surface area contributed by atoms with E-state index in [1.165, 1.54) is 0 Å². The number of halogens is 1. The van der Waals surface area contributed by atoms with Crippen molar-refractivity contribution in [2.75, 3.05) is 26.8 Å². The van der Waals surface area contributed by atoms with Crippen molar-refractivity contribution in [2.24, 2.45) is 5.92 Å². The zero-order valence-corrected chi connectivity index (χ0v) is 14.4. The van der Waals surface area contributed by atoms with Gasteiger partial charge in [0.15, 0.2) is 0 Å². The van der Waals surface area contributed by atoms with Gasteiger partial charge in [0.25, 0.3) is 0 Å². The van der Waals surface area contributed by atoms with Gasteiger partial charge in [0.05, 0.1) is 12.1 Å². The fraction of sp³-hybridized carbons (Fsp3) is 0.588. The number of aliphatic hydroxyl groups is 1. The highest BCUT2D eigenvalue weighted by atomic mass is 35.5. The second kappa shape index (κ2) is 8.52. The number of urea groups is 1. The topological polar surface area (TPSA) is 61.8 Å². The highest BCUT2D eigenvalue weighted by Crippen LogP contribution is 2.23. The van der Waals surface area contributed by atoms with Gasteiger partial charge >= 0.3 is 6.03 Å². The molecule has 3 unspecified atom stereocenters. The van der Waals surface area contributed by atoms with Crippen LogP contribution in [0.25, 0.3) is 0 Å². The lowest BCUT2D eigenvalue weighted by Gasteiger charge is -2.24. The first-order valence-electron chi connectivity index (χ1n) is 7.99. The zero-order valence-electron chi connectivity index (χ0n) is 13.7. The Hall–Kier alpha value is -1.30. The molecule has 128 valence electrons. The smallest absolute Gasteiger partial charge is 0.317 e. The molecule has 3 atom stereocenters. The maximum atomic E-state index is 12.5. The third-order valence-corrected chi connectivity index (χ3v) is 4.63. The molecule has 2 amide bonds. The van der Waals surface area contributed by atoms with Gasteiger partial charge in [-0.15, -0.1) is 0 Å². The van der Waals surface area contributed by atoms with Crippen molar-refractivity contribution in [1.29, 1.82) is 0 Å². The molecule has 1 fully saturated rings. The predicted octanol–water partition coefficient (Wildman–Crippen LogP) is 2.83. The van der Waals surface area contributed by atoms with Gasteiger partial charge in [0.1, 0.15) is 0 Å². The molecule has 5 nitrogen and oxygen atoms in total. The molecule has 0 radical (unpaired) electrons. The summed E-state index contributed by atoms with van der Waals surface area (Å²) in [6.07, 6.45) is 1.15. The summed E-state index contributed by atoms with van der Waals surface area (Å²) in [5.74, 6) is 0.161. The van der Waals surface area contributed by atoms with Crippen LogP contribution in [0.5, 0.6) is 0 Å². The molecule has 1 aromatic carbocycles. The van der Waals surface area contributed by atoms with E-state index in [1.807, 2.05) is 24.3 Å². The van der Waals surface area contributed by atoms with Gasteiger partial charge < -0.3 is 20.1 Å². The molecule has 1 heterocycles. The van der Waals surface area contributed by atoms with Gasteiger partial charge in [-0.05, 0) is 37.5 Å². The van der Waals surface area contributed by atoms with Crippen molar-refractivity contribution >= 4 is 17.6 Å². The summed E-state index contributed by atoms with van der Waals surface area (Å²) >= 11 is 5.93. The van der Waals surface area contributed by atoms with Gasteiger partial charge in [-0.3, -0.25) is 0 Å². The first-order chi connectivity index (χ1) is 11.0. The van der Waals surface area contributed by atoms with Gasteiger partial charge in [0, 0.05) is 37.7 Å². The standard InChI is InChI=1S/C17H25ClN2O3/c1-12(21)14-7-9-20(11-14)17(22)19-16(8-10-23-2)13-3-5-15(18)6-4-13/h3-6,12,14,16,21H,7-11H2,1-2H3,(H,19,22). The monoisotopic (exact) mass is 340 g/mol. The van der Waals surface area contributed by atoms with Crippen LogP contribution in [0.3, 0.4) is 0 Å². The normalized spacial score (nSPS) is 20.3. The molecule has 0 aliphatic carbocycles. The van der Waals surface area contributed by atoms with E-state index in [9.17, 15) is 9.90 Å². The number of carbonyl (C=O) groups is 1. The minimum atomic E-state index is -0.381. The Bertz CT molecular complexity index is 507. The number of carbonyl (C=O) groups excluding carboxylic acids is 1. The molecule has 1 saturated heterocycles. The second-order valence-electron chi connectivity index (χ2n) is 6.07. The fourth-order valence-corrected chi connectivity index (χ4v) is 2.98. The number of likely N-dealkylation sites (tertiary alicyclic amines) is 1. The molecular formula is C17H25ClN2O3. The van der Waals surface area contributed by atoms with Crippen LogP contribution < -0.4 is 5.32 Å². The van der Waals surface area contributed by atoms with E-state index >= 15 is 0 Å². The van der Waals surface area contributed by atoms with E-state index in [-0.39, 0.29) is 24.1 Å². The maximum absolute atomic E-state index is 12.5. The number of nitrogens with zero attached hydrogens (tertiary/aromatic N) is 1. The summed E-state index contributed by atoms with van der Waals surface area (Å²) in [4.78, 5) is 14.3. The maximum Gasteiger partial charge on any atom is 0.317 e. The fourth-order valence-electron chi connectivity index (χ4n) is 2.86. The summed E-state index contributed by atoms with van der Waals surface area (Å²) in [5.41, 5.74) is 1.01. The average molecular weight is 341 g/mol. The number of hydrogen-bond acceptors (Lipinski definition) is 3. The molecule has 0 bridgehead atoms. The SMILES string of the molecule is COCCC(NC(=O)N1CCC(C(C)O)C1)c1ccc(Cl)cc1. The van der Waals surface area contributed by atoms with Crippen molar-refractivity contribution in [3.8, 4) is 0 Å². The Labute approximate surface area is 142 Å². The summed E-state index contributed by atoms with van der Waals surface area (Å²) < 4.78 is 5.15. The van der Waals surface area contributed by atoms with Crippen molar-refractivity contribution in [1.82, 2.24) is 10.2 Å². The number of amides is 2. The summed E-state index contributed by atoms with van der Waals surface area (Å²) in [6, 6.07) is 7.27. The number of ether oxygens (including phenoxy) is 1. The molecule has 6 heteroatoms. The van der Waals surface area contributed by atoms with Crippen LogP contribution in [0.2, 0.25) is 5.02 Å². The zero-order chi connectivity index (χ0) is 16.8. The van der Waals surface area contributed by atoms with Crippen LogP contribution in [-0.2, 0) is 4.74 Å². The van der Waals surface area contributed by atoms with Crippen LogP contribution in [0.15, 0.2) is 24.3 Å². The summed E-state index contributed by atoms with van der Waals surface area (Å²) in [5, 5.41) is 13.4. The Morgan fingerprint density at radius 2 is 2.17 bits per heavy atom. The predicted molar refractivity (Wildman–Crippen MR) is 90.6 cm³/mol. The number of rotatable bonds is 6. The minimum absolute atomic E-state index is 0.0933. The Morgan fingerprint density at radius 1 is 1.48 bits per heavy atom. The van der Waals surface area contributed by atoms with E-state index < -0.39 is 0 Å². The molecule has 0 aromatic heterocycles. The molecule has 1 aromatic rings. The van der Waals surface area contributed by atoms with Crippen LogP contribution in [0, 0.1) is 5.92 Å². The molecule has 2 rings (SSSR count).